The normalized spacial score (nSPS) is 17.9. The molecular weight excluding hydrogens is 702 g/mol. The first-order chi connectivity index (χ1) is 25.7. The van der Waals surface area contributed by atoms with Crippen LogP contribution in [0.25, 0.3) is 10.9 Å². The summed E-state index contributed by atoms with van der Waals surface area (Å²) in [6.45, 7) is 7.42. The van der Waals surface area contributed by atoms with Crippen LogP contribution in [0.2, 0.25) is 0 Å². The van der Waals surface area contributed by atoms with Crippen molar-refractivity contribution in [2.75, 3.05) is 0 Å². The first-order valence-electron chi connectivity index (χ1n) is 18.5. The molecule has 2 amide bonds. The highest BCUT2D eigenvalue weighted by atomic mass is 19.4. The van der Waals surface area contributed by atoms with Crippen molar-refractivity contribution in [1.29, 1.82) is 0 Å². The third-order valence-corrected chi connectivity index (χ3v) is 11.1. The molecule has 3 N–H and O–H groups in total. The van der Waals surface area contributed by atoms with Crippen LogP contribution < -0.4 is 15.6 Å². The van der Waals surface area contributed by atoms with Crippen LogP contribution in [0, 0.1) is 29.5 Å². The lowest BCUT2D eigenvalue weighted by Crippen LogP contribution is -2.60. The first kappa shape index (κ1) is 40.2. The Kier molecular flexibility index (Phi) is 12.6. The molecule has 2 unspecified atom stereocenters. The molecule has 54 heavy (non-hydrogen) atoms. The predicted molar refractivity (Wildman–Crippen MR) is 197 cm³/mol. The predicted octanol–water partition coefficient (Wildman–Crippen LogP) is 8.27. The minimum absolute atomic E-state index is 0.0461. The molecule has 3 aromatic carbocycles. The molecule has 288 valence electrons. The maximum absolute atomic E-state index is 14.8. The molecule has 1 heterocycles. The van der Waals surface area contributed by atoms with Crippen molar-refractivity contribution in [1.82, 2.24) is 15.8 Å². The number of amides is 2. The summed E-state index contributed by atoms with van der Waals surface area (Å²) < 4.78 is 56.6. The zero-order chi connectivity index (χ0) is 39.2. The van der Waals surface area contributed by atoms with Gasteiger partial charge in [-0.1, -0.05) is 89.1 Å². The van der Waals surface area contributed by atoms with E-state index in [1.165, 1.54) is 24.3 Å². The van der Waals surface area contributed by atoms with E-state index in [1.54, 1.807) is 42.5 Å². The van der Waals surface area contributed by atoms with Crippen molar-refractivity contribution in [3.05, 3.63) is 101 Å². The number of fused-ring (bicyclic) bond motifs is 3. The van der Waals surface area contributed by atoms with Crippen LogP contribution in [-0.4, -0.2) is 33.9 Å². The fourth-order valence-electron chi connectivity index (χ4n) is 7.36. The Morgan fingerprint density at radius 1 is 0.852 bits per heavy atom. The van der Waals surface area contributed by atoms with Gasteiger partial charge in [0, 0.05) is 42.7 Å². The van der Waals surface area contributed by atoms with Gasteiger partial charge in [0.05, 0.1) is 17.0 Å². The Morgan fingerprint density at radius 3 is 2.15 bits per heavy atom. The second-order valence-corrected chi connectivity index (χ2v) is 14.6. The lowest BCUT2D eigenvalue weighted by atomic mass is 9.72. The van der Waals surface area contributed by atoms with Gasteiger partial charge in [0.15, 0.2) is 11.5 Å². The molecule has 1 aromatic heterocycles. The molecule has 5 atom stereocenters. The van der Waals surface area contributed by atoms with Gasteiger partial charge in [-0.3, -0.25) is 19.2 Å². The number of Topliss-reactive ketones (excluding diaryl/α,β-unsaturated/α-hetero) is 2. The zero-order valence-corrected chi connectivity index (χ0v) is 30.9. The summed E-state index contributed by atoms with van der Waals surface area (Å²) in [5.74, 6) is -4.38. The third kappa shape index (κ3) is 9.02. The number of hydrogen-bond acceptors (Lipinski definition) is 5. The number of carbonyl (C=O) groups excluding carboxylic acids is 4. The Balaban J connectivity index is 1.49. The highest BCUT2D eigenvalue weighted by molar-refractivity contribution is 5.99. The number of aromatic amines is 1. The summed E-state index contributed by atoms with van der Waals surface area (Å²) in [6, 6.07) is 18.4. The number of alkyl halides is 3. The van der Waals surface area contributed by atoms with Crippen LogP contribution in [0.4, 0.5) is 17.6 Å². The Hall–Kier alpha value is -5.00. The van der Waals surface area contributed by atoms with E-state index in [-0.39, 0.29) is 72.6 Å². The van der Waals surface area contributed by atoms with E-state index in [0.29, 0.717) is 29.8 Å². The quantitative estimate of drug-likeness (QED) is 0.0788. The standard InChI is InChI=1S/C42H47F4N3O5/c1-5-25(3)31(22-28(50)21-27-13-10-11-18-35(27)43)39(52)48-41(20-19-36-33(24-41)30-16-12-17-34(38(30)47-36)42(44,45)46)37(51)23-32(26(4)6-2)40(53)49-54-29-14-8-7-9-15-29/h7-18,25-26,31-32,47H,5-6,19-24H2,1-4H3,(H,48,52)(H,49,53)/t25?,26?,31-,32-,41+/m0/s1. The van der Waals surface area contributed by atoms with Gasteiger partial charge < -0.3 is 15.1 Å². The summed E-state index contributed by atoms with van der Waals surface area (Å²) in [6.07, 6.45) is -4.21. The molecule has 0 radical (unpaired) electrons. The largest absolute Gasteiger partial charge is 0.418 e. The van der Waals surface area contributed by atoms with Crippen molar-refractivity contribution in [2.45, 2.75) is 90.8 Å². The van der Waals surface area contributed by atoms with E-state index in [0.717, 1.165) is 6.07 Å². The van der Waals surface area contributed by atoms with Gasteiger partial charge in [0.2, 0.25) is 5.91 Å². The second kappa shape index (κ2) is 17.0. The van der Waals surface area contributed by atoms with Crippen molar-refractivity contribution in [3.8, 4) is 5.75 Å². The molecule has 5 rings (SSSR count). The molecule has 0 bridgehead atoms. The van der Waals surface area contributed by atoms with E-state index >= 15 is 0 Å². The number of rotatable bonds is 16. The van der Waals surface area contributed by atoms with Gasteiger partial charge in [0.1, 0.15) is 17.1 Å². The van der Waals surface area contributed by atoms with E-state index in [2.05, 4.69) is 15.8 Å². The van der Waals surface area contributed by atoms with E-state index in [9.17, 15) is 36.7 Å². The molecule has 0 saturated carbocycles. The highest BCUT2D eigenvalue weighted by Gasteiger charge is 2.47. The molecule has 0 fully saturated rings. The number of aromatic nitrogens is 1. The smallest absolute Gasteiger partial charge is 0.380 e. The summed E-state index contributed by atoms with van der Waals surface area (Å²) >= 11 is 0. The summed E-state index contributed by atoms with van der Waals surface area (Å²) in [5, 5.41) is 3.30. The lowest BCUT2D eigenvalue weighted by Gasteiger charge is -2.39. The number of carbonyl (C=O) groups is 4. The van der Waals surface area contributed by atoms with Crippen LogP contribution >= 0.6 is 0 Å². The Bertz CT molecular complexity index is 1980. The molecule has 0 aliphatic heterocycles. The summed E-state index contributed by atoms with van der Waals surface area (Å²) in [5.41, 5.74) is 1.13. The monoisotopic (exact) mass is 749 g/mol. The number of benzene rings is 3. The maximum atomic E-state index is 14.8. The number of hydroxylamine groups is 1. The van der Waals surface area contributed by atoms with E-state index in [1.807, 2.05) is 27.7 Å². The minimum atomic E-state index is -4.63. The van der Waals surface area contributed by atoms with Gasteiger partial charge in [-0.05, 0) is 60.1 Å². The minimum Gasteiger partial charge on any atom is -0.380 e. The SMILES string of the molecule is CCC(C)[C@H](CC(=O)[C@@]1(NC(=O)[C@@H](CC(=O)Cc2ccccc2F)C(C)CC)CCc2[nH]c3c(C(F)(F)F)cccc3c2C1)C(=O)NOc1ccccc1. The Labute approximate surface area is 312 Å². The first-order valence-corrected chi connectivity index (χ1v) is 18.5. The third-order valence-electron chi connectivity index (χ3n) is 11.1. The molecule has 8 nitrogen and oxygen atoms in total. The molecular formula is C42H47F4N3O5. The van der Waals surface area contributed by atoms with Crippen LogP contribution in [0.5, 0.6) is 5.75 Å². The number of hydrogen-bond donors (Lipinski definition) is 3. The molecule has 12 heteroatoms. The zero-order valence-electron chi connectivity index (χ0n) is 30.9. The number of halogens is 4. The van der Waals surface area contributed by atoms with Crippen molar-refractivity contribution < 1.29 is 41.6 Å². The molecule has 4 aromatic rings. The van der Waals surface area contributed by atoms with Crippen molar-refractivity contribution in [2.24, 2.45) is 23.7 Å². The fraction of sp³-hybridized carbons (Fsp3) is 0.429. The lowest BCUT2D eigenvalue weighted by molar-refractivity contribution is -0.141. The number of H-pyrrole nitrogens is 1. The fourth-order valence-corrected chi connectivity index (χ4v) is 7.36. The summed E-state index contributed by atoms with van der Waals surface area (Å²) in [7, 11) is 0. The van der Waals surface area contributed by atoms with Gasteiger partial charge in [-0.15, -0.1) is 0 Å². The summed E-state index contributed by atoms with van der Waals surface area (Å²) in [4.78, 5) is 64.6. The van der Waals surface area contributed by atoms with Crippen LogP contribution in [0.3, 0.4) is 0 Å². The van der Waals surface area contributed by atoms with Gasteiger partial charge in [0.25, 0.3) is 5.91 Å². The van der Waals surface area contributed by atoms with E-state index < -0.39 is 52.5 Å². The van der Waals surface area contributed by atoms with Crippen molar-refractivity contribution >= 4 is 34.3 Å². The topological polar surface area (TPSA) is 117 Å². The van der Waals surface area contributed by atoms with Gasteiger partial charge in [-0.2, -0.15) is 18.7 Å². The highest BCUT2D eigenvalue weighted by Crippen LogP contribution is 2.41. The van der Waals surface area contributed by atoms with Crippen LogP contribution in [-0.2, 0) is 44.6 Å². The average Bonchev–Trinajstić information content (AvgIpc) is 3.52. The van der Waals surface area contributed by atoms with Crippen LogP contribution in [0.1, 0.15) is 82.2 Å². The second-order valence-electron chi connectivity index (χ2n) is 14.6. The average molecular weight is 750 g/mol. The van der Waals surface area contributed by atoms with Crippen LogP contribution in [0.15, 0.2) is 72.8 Å². The van der Waals surface area contributed by atoms with Gasteiger partial charge in [-0.25, -0.2) is 4.39 Å². The number of nitrogens with one attached hydrogen (secondary N) is 3. The number of para-hydroxylation sites is 2. The van der Waals surface area contributed by atoms with Gasteiger partial charge >= 0.3 is 6.18 Å². The Morgan fingerprint density at radius 2 is 1.50 bits per heavy atom. The van der Waals surface area contributed by atoms with Crippen molar-refractivity contribution in [3.63, 3.8) is 0 Å². The number of ketones is 2. The molecule has 0 saturated heterocycles. The number of aryl methyl sites for hydroxylation is 1. The maximum Gasteiger partial charge on any atom is 0.418 e. The van der Waals surface area contributed by atoms with E-state index in [4.69, 9.17) is 4.84 Å². The molecule has 0 spiro atoms. The molecule has 1 aliphatic rings. The molecule has 1 aliphatic carbocycles.